The van der Waals surface area contributed by atoms with E-state index in [0.29, 0.717) is 18.7 Å². The second kappa shape index (κ2) is 7.22. The molecule has 2 aromatic rings. The third kappa shape index (κ3) is 3.92. The molecule has 0 aliphatic rings. The normalized spacial score (nSPS) is 10.3. The maximum absolute atomic E-state index is 12.1. The highest BCUT2D eigenvalue weighted by Gasteiger charge is 2.07. The van der Waals surface area contributed by atoms with Crippen LogP contribution in [0.3, 0.4) is 0 Å². The minimum atomic E-state index is -0.0847. The molecule has 0 bridgehead atoms. The van der Waals surface area contributed by atoms with Crippen LogP contribution in [0.1, 0.15) is 21.5 Å². The Kier molecular flexibility index (Phi) is 5.32. The zero-order chi connectivity index (χ0) is 14.4. The molecule has 2 rings (SSSR count). The Balaban J connectivity index is 2.03. The van der Waals surface area contributed by atoms with Crippen LogP contribution in [0.5, 0.6) is 0 Å². The SMILES string of the molecule is COCc1ccccc1CNC(=O)c1cccc(Br)c1. The topological polar surface area (TPSA) is 38.3 Å². The lowest BCUT2D eigenvalue weighted by Crippen LogP contribution is -2.23. The first-order chi connectivity index (χ1) is 9.70. The zero-order valence-electron chi connectivity index (χ0n) is 11.2. The van der Waals surface area contributed by atoms with Gasteiger partial charge in [-0.15, -0.1) is 0 Å². The molecule has 0 heterocycles. The van der Waals surface area contributed by atoms with Crippen molar-refractivity contribution in [1.82, 2.24) is 5.32 Å². The van der Waals surface area contributed by atoms with Crippen molar-refractivity contribution in [3.05, 3.63) is 69.7 Å². The van der Waals surface area contributed by atoms with Gasteiger partial charge in [-0.1, -0.05) is 46.3 Å². The number of halogens is 1. The molecule has 3 nitrogen and oxygen atoms in total. The molecule has 20 heavy (non-hydrogen) atoms. The smallest absolute Gasteiger partial charge is 0.251 e. The van der Waals surface area contributed by atoms with Gasteiger partial charge in [0, 0.05) is 23.7 Å². The van der Waals surface area contributed by atoms with E-state index in [1.807, 2.05) is 36.4 Å². The van der Waals surface area contributed by atoms with Gasteiger partial charge in [0.05, 0.1) is 6.61 Å². The Bertz CT molecular complexity index is 599. The second-order valence-corrected chi connectivity index (χ2v) is 5.31. The third-order valence-electron chi connectivity index (χ3n) is 2.94. The molecule has 104 valence electrons. The summed E-state index contributed by atoms with van der Waals surface area (Å²) in [6, 6.07) is 15.3. The third-order valence-corrected chi connectivity index (χ3v) is 3.44. The number of methoxy groups -OCH3 is 1. The van der Waals surface area contributed by atoms with Gasteiger partial charge in [-0.3, -0.25) is 4.79 Å². The van der Waals surface area contributed by atoms with E-state index in [1.165, 1.54) is 0 Å². The number of amides is 1. The highest BCUT2D eigenvalue weighted by atomic mass is 79.9. The first-order valence-corrected chi connectivity index (χ1v) is 7.09. The molecule has 1 N–H and O–H groups in total. The lowest BCUT2D eigenvalue weighted by atomic mass is 10.1. The van der Waals surface area contributed by atoms with Crippen molar-refractivity contribution < 1.29 is 9.53 Å². The monoisotopic (exact) mass is 333 g/mol. The zero-order valence-corrected chi connectivity index (χ0v) is 12.8. The van der Waals surface area contributed by atoms with Crippen LogP contribution in [0.25, 0.3) is 0 Å². The number of ether oxygens (including phenoxy) is 1. The quantitative estimate of drug-likeness (QED) is 0.908. The average Bonchev–Trinajstić information content (AvgIpc) is 2.46. The lowest BCUT2D eigenvalue weighted by molar-refractivity contribution is 0.0950. The fourth-order valence-electron chi connectivity index (χ4n) is 1.93. The van der Waals surface area contributed by atoms with Crippen molar-refractivity contribution in [2.45, 2.75) is 13.2 Å². The van der Waals surface area contributed by atoms with Gasteiger partial charge in [0.1, 0.15) is 0 Å². The van der Waals surface area contributed by atoms with Gasteiger partial charge in [0.2, 0.25) is 0 Å². The standard InChI is InChI=1S/C16H16BrNO2/c1-20-11-14-6-3-2-5-13(14)10-18-16(19)12-7-4-8-15(17)9-12/h2-9H,10-11H2,1H3,(H,18,19). The van der Waals surface area contributed by atoms with Gasteiger partial charge in [-0.2, -0.15) is 0 Å². The van der Waals surface area contributed by atoms with Crippen LogP contribution in [-0.4, -0.2) is 13.0 Å². The van der Waals surface area contributed by atoms with Crippen LogP contribution in [0, 0.1) is 0 Å². The fourth-order valence-corrected chi connectivity index (χ4v) is 2.33. The van der Waals surface area contributed by atoms with Gasteiger partial charge >= 0.3 is 0 Å². The number of benzene rings is 2. The molecule has 0 saturated carbocycles. The number of carbonyl (C=O) groups is 1. The summed E-state index contributed by atoms with van der Waals surface area (Å²) in [5, 5.41) is 2.93. The highest BCUT2D eigenvalue weighted by molar-refractivity contribution is 9.10. The highest BCUT2D eigenvalue weighted by Crippen LogP contribution is 2.13. The molecule has 0 spiro atoms. The van der Waals surface area contributed by atoms with Crippen LogP contribution in [0.4, 0.5) is 0 Å². The predicted molar refractivity (Wildman–Crippen MR) is 82.5 cm³/mol. The minimum absolute atomic E-state index is 0.0847. The number of rotatable bonds is 5. The first-order valence-electron chi connectivity index (χ1n) is 6.30. The van der Waals surface area contributed by atoms with Crippen molar-refractivity contribution in [3.63, 3.8) is 0 Å². The molecule has 0 atom stereocenters. The number of nitrogens with one attached hydrogen (secondary N) is 1. The summed E-state index contributed by atoms with van der Waals surface area (Å²) in [7, 11) is 1.66. The molecule has 2 aromatic carbocycles. The van der Waals surface area contributed by atoms with Crippen LogP contribution in [0.2, 0.25) is 0 Å². The Labute approximate surface area is 127 Å². The van der Waals surface area contributed by atoms with E-state index in [9.17, 15) is 4.79 Å². The van der Waals surface area contributed by atoms with E-state index < -0.39 is 0 Å². The number of carbonyl (C=O) groups excluding carboxylic acids is 1. The van der Waals surface area contributed by atoms with E-state index >= 15 is 0 Å². The first kappa shape index (κ1) is 14.8. The Morgan fingerprint density at radius 3 is 2.60 bits per heavy atom. The molecular weight excluding hydrogens is 318 g/mol. The van der Waals surface area contributed by atoms with Crippen molar-refractivity contribution in [2.24, 2.45) is 0 Å². The number of hydrogen-bond donors (Lipinski definition) is 1. The van der Waals surface area contributed by atoms with E-state index in [0.717, 1.165) is 15.6 Å². The summed E-state index contributed by atoms with van der Waals surface area (Å²) < 4.78 is 6.05. The van der Waals surface area contributed by atoms with Crippen LogP contribution in [-0.2, 0) is 17.9 Å². The van der Waals surface area contributed by atoms with Gasteiger partial charge in [0.15, 0.2) is 0 Å². The maximum Gasteiger partial charge on any atom is 0.251 e. The summed E-state index contributed by atoms with van der Waals surface area (Å²) in [5.74, 6) is -0.0847. The molecule has 0 aliphatic heterocycles. The predicted octanol–water partition coefficient (Wildman–Crippen LogP) is 3.53. The molecule has 4 heteroatoms. The van der Waals surface area contributed by atoms with Gasteiger partial charge < -0.3 is 10.1 Å². The van der Waals surface area contributed by atoms with Crippen LogP contribution >= 0.6 is 15.9 Å². The molecule has 1 amide bonds. The number of hydrogen-bond acceptors (Lipinski definition) is 2. The summed E-state index contributed by atoms with van der Waals surface area (Å²) in [6.07, 6.45) is 0. The average molecular weight is 334 g/mol. The van der Waals surface area contributed by atoms with Crippen molar-refractivity contribution in [2.75, 3.05) is 7.11 Å². The summed E-state index contributed by atoms with van der Waals surface area (Å²) in [6.45, 7) is 1.04. The summed E-state index contributed by atoms with van der Waals surface area (Å²) >= 11 is 3.36. The minimum Gasteiger partial charge on any atom is -0.380 e. The molecule has 0 aromatic heterocycles. The molecule has 0 fully saturated rings. The molecule has 0 aliphatic carbocycles. The van der Waals surface area contributed by atoms with E-state index in [4.69, 9.17) is 4.74 Å². The molecular formula is C16H16BrNO2. The van der Waals surface area contributed by atoms with E-state index in [1.54, 1.807) is 19.2 Å². The van der Waals surface area contributed by atoms with Gasteiger partial charge in [-0.25, -0.2) is 0 Å². The largest absolute Gasteiger partial charge is 0.380 e. The Morgan fingerprint density at radius 1 is 1.15 bits per heavy atom. The second-order valence-electron chi connectivity index (χ2n) is 4.39. The summed E-state index contributed by atoms with van der Waals surface area (Å²) in [5.41, 5.74) is 2.80. The molecule has 0 saturated heterocycles. The Hall–Kier alpha value is -1.65. The fraction of sp³-hybridized carbons (Fsp3) is 0.188. The van der Waals surface area contributed by atoms with Gasteiger partial charge in [-0.05, 0) is 29.3 Å². The van der Waals surface area contributed by atoms with Crippen molar-refractivity contribution in [3.8, 4) is 0 Å². The van der Waals surface area contributed by atoms with Crippen molar-refractivity contribution in [1.29, 1.82) is 0 Å². The van der Waals surface area contributed by atoms with E-state index in [-0.39, 0.29) is 5.91 Å². The molecule has 0 unspecified atom stereocenters. The van der Waals surface area contributed by atoms with Crippen LogP contribution < -0.4 is 5.32 Å². The summed E-state index contributed by atoms with van der Waals surface area (Å²) in [4.78, 5) is 12.1. The van der Waals surface area contributed by atoms with Crippen molar-refractivity contribution >= 4 is 21.8 Å². The van der Waals surface area contributed by atoms with E-state index in [2.05, 4.69) is 21.2 Å². The lowest BCUT2D eigenvalue weighted by Gasteiger charge is -2.10. The van der Waals surface area contributed by atoms with Crippen LogP contribution in [0.15, 0.2) is 53.0 Å². The Morgan fingerprint density at radius 2 is 1.90 bits per heavy atom. The maximum atomic E-state index is 12.1. The molecule has 0 radical (unpaired) electrons. The van der Waals surface area contributed by atoms with Gasteiger partial charge in [0.25, 0.3) is 5.91 Å².